The molecule has 0 saturated carbocycles. The van der Waals surface area contributed by atoms with Crippen molar-refractivity contribution in [2.75, 3.05) is 24.2 Å². The van der Waals surface area contributed by atoms with E-state index < -0.39 is 34.3 Å². The van der Waals surface area contributed by atoms with Crippen molar-refractivity contribution in [2.45, 2.75) is 45.8 Å². The van der Waals surface area contributed by atoms with Gasteiger partial charge in [0.15, 0.2) is 0 Å². The summed E-state index contributed by atoms with van der Waals surface area (Å²) in [6.07, 6.45) is 1.26. The molecule has 1 atom stereocenters. The Balaban J connectivity index is 2.46. The normalized spacial score (nSPS) is 12.2. The molecule has 0 aromatic heterocycles. The Morgan fingerprint density at radius 1 is 1.12 bits per heavy atom. The van der Waals surface area contributed by atoms with Crippen LogP contribution in [-0.4, -0.2) is 57.1 Å². The fourth-order valence-electron chi connectivity index (χ4n) is 3.51. The van der Waals surface area contributed by atoms with E-state index in [0.717, 1.165) is 16.6 Å². The number of carbonyl (C=O) groups excluding carboxylic acids is 2. The number of anilines is 1. The Bertz CT molecular complexity index is 1110. The summed E-state index contributed by atoms with van der Waals surface area (Å²) in [6, 6.07) is 11.1. The fraction of sp³-hybridized carbons (Fsp3) is 0.417. The molecule has 0 spiro atoms. The quantitative estimate of drug-likeness (QED) is 0.519. The highest BCUT2D eigenvalue weighted by molar-refractivity contribution is 7.92. The van der Waals surface area contributed by atoms with E-state index in [4.69, 9.17) is 4.74 Å². The van der Waals surface area contributed by atoms with Gasteiger partial charge in [-0.3, -0.25) is 13.9 Å². The molecule has 1 unspecified atom stereocenters. The van der Waals surface area contributed by atoms with E-state index >= 15 is 0 Å². The average molecular weight is 494 g/mol. The molecule has 10 heteroatoms. The standard InChI is InChI=1S/C24H32FN3O5S/c1-6-22(24(30)26-17(2)3)27(15-18-9-7-12-21(13-18)33-4)23(29)16-28(34(5,31)32)20-11-8-10-19(25)14-20/h7-14,17,22H,6,15-16H2,1-5H3,(H,26,30). The molecular formula is C24H32FN3O5S. The lowest BCUT2D eigenvalue weighted by atomic mass is 10.1. The van der Waals surface area contributed by atoms with E-state index in [0.29, 0.717) is 17.7 Å². The van der Waals surface area contributed by atoms with Crippen LogP contribution >= 0.6 is 0 Å². The summed E-state index contributed by atoms with van der Waals surface area (Å²) >= 11 is 0. The summed E-state index contributed by atoms with van der Waals surface area (Å²) in [7, 11) is -2.40. The van der Waals surface area contributed by atoms with Crippen LogP contribution in [0.1, 0.15) is 32.8 Å². The molecule has 8 nitrogen and oxygen atoms in total. The lowest BCUT2D eigenvalue weighted by molar-refractivity contribution is -0.140. The molecule has 0 fully saturated rings. The molecule has 0 heterocycles. The molecule has 34 heavy (non-hydrogen) atoms. The summed E-state index contributed by atoms with van der Waals surface area (Å²) in [5, 5.41) is 2.82. The van der Waals surface area contributed by atoms with Crippen LogP contribution in [0.4, 0.5) is 10.1 Å². The minimum atomic E-state index is -3.92. The molecule has 0 saturated heterocycles. The zero-order valence-electron chi connectivity index (χ0n) is 20.1. The van der Waals surface area contributed by atoms with Gasteiger partial charge in [0, 0.05) is 12.6 Å². The summed E-state index contributed by atoms with van der Waals surface area (Å²) < 4.78 is 44.9. The summed E-state index contributed by atoms with van der Waals surface area (Å²) in [5.41, 5.74) is 0.733. The van der Waals surface area contributed by atoms with Gasteiger partial charge >= 0.3 is 0 Å². The molecular weight excluding hydrogens is 461 g/mol. The largest absolute Gasteiger partial charge is 0.497 e. The number of amides is 2. The molecule has 2 rings (SSSR count). The number of nitrogens with one attached hydrogen (secondary N) is 1. The predicted octanol–water partition coefficient (Wildman–Crippen LogP) is 2.93. The van der Waals surface area contributed by atoms with Crippen LogP contribution in [-0.2, 0) is 26.2 Å². The Kier molecular flexibility index (Phi) is 9.43. The highest BCUT2D eigenvalue weighted by Crippen LogP contribution is 2.21. The number of halogens is 1. The fourth-order valence-corrected chi connectivity index (χ4v) is 4.35. The zero-order chi connectivity index (χ0) is 25.5. The molecule has 0 bridgehead atoms. The van der Waals surface area contributed by atoms with E-state index in [1.165, 1.54) is 30.2 Å². The van der Waals surface area contributed by atoms with Gasteiger partial charge in [-0.1, -0.05) is 25.1 Å². The van der Waals surface area contributed by atoms with Crippen LogP contribution in [0, 0.1) is 5.82 Å². The number of methoxy groups -OCH3 is 1. The SMILES string of the molecule is CCC(C(=O)NC(C)C)N(Cc1cccc(OC)c1)C(=O)CN(c1cccc(F)c1)S(C)(=O)=O. The number of sulfonamides is 1. The average Bonchev–Trinajstić information content (AvgIpc) is 2.76. The van der Waals surface area contributed by atoms with Gasteiger partial charge in [-0.25, -0.2) is 12.8 Å². The third-order valence-corrected chi connectivity index (χ3v) is 6.22. The van der Waals surface area contributed by atoms with Crippen molar-refractivity contribution >= 4 is 27.5 Å². The topological polar surface area (TPSA) is 96.0 Å². The van der Waals surface area contributed by atoms with Crippen molar-refractivity contribution in [3.05, 3.63) is 59.9 Å². The van der Waals surface area contributed by atoms with Crippen molar-refractivity contribution in [3.8, 4) is 5.75 Å². The lowest BCUT2D eigenvalue weighted by Gasteiger charge is -2.33. The van der Waals surface area contributed by atoms with Crippen LogP contribution in [0.15, 0.2) is 48.5 Å². The maximum Gasteiger partial charge on any atom is 0.244 e. The van der Waals surface area contributed by atoms with Crippen molar-refractivity contribution in [1.82, 2.24) is 10.2 Å². The van der Waals surface area contributed by atoms with Crippen LogP contribution in [0.25, 0.3) is 0 Å². The van der Waals surface area contributed by atoms with Gasteiger partial charge in [-0.2, -0.15) is 0 Å². The Hall–Kier alpha value is -3.14. The number of carbonyl (C=O) groups is 2. The van der Waals surface area contributed by atoms with Crippen molar-refractivity contribution < 1.29 is 27.1 Å². The number of benzene rings is 2. The first kappa shape index (κ1) is 27.1. The predicted molar refractivity (Wildman–Crippen MR) is 129 cm³/mol. The van der Waals surface area contributed by atoms with Gasteiger partial charge in [0.05, 0.1) is 19.1 Å². The minimum absolute atomic E-state index is 0.0249. The van der Waals surface area contributed by atoms with Crippen molar-refractivity contribution in [1.29, 1.82) is 0 Å². The van der Waals surface area contributed by atoms with Crippen LogP contribution in [0.5, 0.6) is 5.75 Å². The molecule has 2 aromatic rings. The van der Waals surface area contributed by atoms with Crippen LogP contribution < -0.4 is 14.4 Å². The molecule has 0 aliphatic carbocycles. The smallest absolute Gasteiger partial charge is 0.244 e. The number of nitrogens with zero attached hydrogens (tertiary/aromatic N) is 2. The molecule has 2 amide bonds. The molecule has 0 aliphatic heterocycles. The van der Waals surface area contributed by atoms with E-state index in [1.807, 2.05) is 13.8 Å². The number of ether oxygens (including phenoxy) is 1. The number of hydrogen-bond donors (Lipinski definition) is 1. The first-order valence-electron chi connectivity index (χ1n) is 10.9. The van der Waals surface area contributed by atoms with Gasteiger partial charge < -0.3 is 15.0 Å². The second-order valence-electron chi connectivity index (χ2n) is 8.21. The zero-order valence-corrected chi connectivity index (χ0v) is 20.9. The first-order chi connectivity index (χ1) is 16.0. The van der Waals surface area contributed by atoms with Crippen molar-refractivity contribution in [3.63, 3.8) is 0 Å². The maximum absolute atomic E-state index is 13.8. The third kappa shape index (κ3) is 7.44. The molecule has 0 radical (unpaired) electrons. The molecule has 1 N–H and O–H groups in total. The summed E-state index contributed by atoms with van der Waals surface area (Å²) in [5.74, 6) is -0.981. The number of rotatable bonds is 11. The van der Waals surface area contributed by atoms with E-state index in [2.05, 4.69) is 5.32 Å². The molecule has 186 valence electrons. The van der Waals surface area contributed by atoms with Gasteiger partial charge in [-0.15, -0.1) is 0 Å². The van der Waals surface area contributed by atoms with Gasteiger partial charge in [-0.05, 0) is 56.2 Å². The Morgan fingerprint density at radius 2 is 1.79 bits per heavy atom. The highest BCUT2D eigenvalue weighted by atomic mass is 32.2. The van der Waals surface area contributed by atoms with Crippen molar-refractivity contribution in [2.24, 2.45) is 0 Å². The van der Waals surface area contributed by atoms with Crippen LogP contribution in [0.2, 0.25) is 0 Å². The number of hydrogen-bond acceptors (Lipinski definition) is 5. The summed E-state index contributed by atoms with van der Waals surface area (Å²) in [4.78, 5) is 27.8. The second kappa shape index (κ2) is 11.8. The van der Waals surface area contributed by atoms with E-state index in [-0.39, 0.29) is 24.2 Å². The molecule has 0 aliphatic rings. The minimum Gasteiger partial charge on any atom is -0.497 e. The molecule has 2 aromatic carbocycles. The first-order valence-corrected chi connectivity index (χ1v) is 12.8. The van der Waals surface area contributed by atoms with Crippen LogP contribution in [0.3, 0.4) is 0 Å². The monoisotopic (exact) mass is 493 g/mol. The van der Waals surface area contributed by atoms with Gasteiger partial charge in [0.1, 0.15) is 24.2 Å². The van der Waals surface area contributed by atoms with E-state index in [9.17, 15) is 22.4 Å². The Morgan fingerprint density at radius 3 is 2.35 bits per heavy atom. The van der Waals surface area contributed by atoms with Gasteiger partial charge in [0.25, 0.3) is 0 Å². The Labute approximate surface area is 200 Å². The van der Waals surface area contributed by atoms with E-state index in [1.54, 1.807) is 31.2 Å². The van der Waals surface area contributed by atoms with Gasteiger partial charge in [0.2, 0.25) is 21.8 Å². The second-order valence-corrected chi connectivity index (χ2v) is 10.1. The lowest BCUT2D eigenvalue weighted by Crippen LogP contribution is -2.53. The summed E-state index contributed by atoms with van der Waals surface area (Å²) in [6.45, 7) is 4.87. The maximum atomic E-state index is 13.8. The third-order valence-electron chi connectivity index (χ3n) is 5.08. The highest BCUT2D eigenvalue weighted by Gasteiger charge is 2.32.